The van der Waals surface area contributed by atoms with Gasteiger partial charge in [-0.1, -0.05) is 20.3 Å². The van der Waals surface area contributed by atoms with E-state index in [-0.39, 0.29) is 0 Å². The molecule has 13 heavy (non-hydrogen) atoms. The van der Waals surface area contributed by atoms with Crippen LogP contribution in [0.3, 0.4) is 0 Å². The zero-order valence-corrected chi connectivity index (χ0v) is 9.17. The van der Waals surface area contributed by atoms with E-state index in [1.807, 2.05) is 14.0 Å². The zero-order valence-electron chi connectivity index (χ0n) is 9.17. The summed E-state index contributed by atoms with van der Waals surface area (Å²) in [6, 6.07) is 0. The van der Waals surface area contributed by atoms with Crippen LogP contribution < -0.4 is 11.3 Å². The topological polar surface area (TPSA) is 53.6 Å². The summed E-state index contributed by atoms with van der Waals surface area (Å²) in [7, 11) is 2.00. The molecule has 1 atom stereocenters. The highest BCUT2D eigenvalue weighted by Crippen LogP contribution is 2.02. The van der Waals surface area contributed by atoms with E-state index >= 15 is 0 Å². The van der Waals surface area contributed by atoms with Crippen molar-refractivity contribution >= 4 is 5.96 Å². The first-order chi connectivity index (χ1) is 6.15. The Balaban J connectivity index is 4.05. The van der Waals surface area contributed by atoms with E-state index in [4.69, 9.17) is 5.84 Å². The standard InChI is InChI=1S/C9H22N4/c1-5-8(3)7-13(4)9(12-10)11-6-2/h8H,5-7,10H2,1-4H3,(H,11,12). The molecule has 1 unspecified atom stereocenters. The van der Waals surface area contributed by atoms with Gasteiger partial charge in [0.05, 0.1) is 0 Å². The molecule has 4 heteroatoms. The van der Waals surface area contributed by atoms with Gasteiger partial charge in [-0.25, -0.2) is 5.84 Å². The average Bonchev–Trinajstić information content (AvgIpc) is 2.13. The Morgan fingerprint density at radius 2 is 2.15 bits per heavy atom. The van der Waals surface area contributed by atoms with Crippen molar-refractivity contribution < 1.29 is 0 Å². The van der Waals surface area contributed by atoms with Gasteiger partial charge in [0.2, 0.25) is 5.96 Å². The van der Waals surface area contributed by atoms with Gasteiger partial charge in [0.15, 0.2) is 0 Å². The second-order valence-corrected chi connectivity index (χ2v) is 3.34. The Hall–Kier alpha value is -0.770. The van der Waals surface area contributed by atoms with Gasteiger partial charge >= 0.3 is 0 Å². The van der Waals surface area contributed by atoms with Crippen molar-refractivity contribution in [2.45, 2.75) is 27.2 Å². The molecule has 0 saturated carbocycles. The third kappa shape index (κ3) is 4.72. The third-order valence-electron chi connectivity index (χ3n) is 2.08. The minimum atomic E-state index is 0.667. The van der Waals surface area contributed by atoms with Gasteiger partial charge in [0, 0.05) is 20.1 Å². The van der Waals surface area contributed by atoms with E-state index in [1.165, 1.54) is 6.42 Å². The molecule has 0 aromatic heterocycles. The summed E-state index contributed by atoms with van der Waals surface area (Å²) in [5.41, 5.74) is 2.61. The largest absolute Gasteiger partial charge is 0.345 e. The lowest BCUT2D eigenvalue weighted by molar-refractivity contribution is 0.385. The van der Waals surface area contributed by atoms with Gasteiger partial charge in [-0.15, -0.1) is 0 Å². The number of hydrogen-bond acceptors (Lipinski definition) is 2. The maximum Gasteiger partial charge on any atom is 0.208 e. The minimum Gasteiger partial charge on any atom is -0.345 e. The van der Waals surface area contributed by atoms with Gasteiger partial charge in [-0.2, -0.15) is 0 Å². The van der Waals surface area contributed by atoms with Gasteiger partial charge in [-0.05, 0) is 12.8 Å². The lowest BCUT2D eigenvalue weighted by atomic mass is 10.1. The quantitative estimate of drug-likeness (QED) is 0.295. The predicted molar refractivity (Wildman–Crippen MR) is 57.4 cm³/mol. The molecule has 0 aromatic carbocycles. The van der Waals surface area contributed by atoms with E-state index in [9.17, 15) is 0 Å². The second kappa shape index (κ2) is 6.71. The molecule has 0 aliphatic heterocycles. The van der Waals surface area contributed by atoms with Gasteiger partial charge in [0.25, 0.3) is 0 Å². The van der Waals surface area contributed by atoms with Crippen LogP contribution in [-0.4, -0.2) is 31.0 Å². The first-order valence-corrected chi connectivity index (χ1v) is 4.87. The smallest absolute Gasteiger partial charge is 0.208 e. The molecule has 0 spiro atoms. The van der Waals surface area contributed by atoms with Crippen molar-refractivity contribution in [3.05, 3.63) is 0 Å². The number of nitrogens with zero attached hydrogens (tertiary/aromatic N) is 2. The molecule has 0 amide bonds. The Morgan fingerprint density at radius 3 is 2.54 bits per heavy atom. The van der Waals surface area contributed by atoms with Gasteiger partial charge in [-0.3, -0.25) is 10.4 Å². The monoisotopic (exact) mass is 186 g/mol. The van der Waals surface area contributed by atoms with Crippen LogP contribution in [0.5, 0.6) is 0 Å². The van der Waals surface area contributed by atoms with Crippen LogP contribution in [0.15, 0.2) is 4.99 Å². The number of guanidine groups is 1. The Kier molecular flexibility index (Phi) is 6.32. The molecule has 0 fully saturated rings. The van der Waals surface area contributed by atoms with Crippen LogP contribution in [0.2, 0.25) is 0 Å². The highest BCUT2D eigenvalue weighted by atomic mass is 15.4. The fraction of sp³-hybridized carbons (Fsp3) is 0.889. The molecular formula is C9H22N4. The molecule has 0 saturated heterocycles. The van der Waals surface area contributed by atoms with E-state index in [0.29, 0.717) is 5.92 Å². The Labute approximate surface area is 81.2 Å². The van der Waals surface area contributed by atoms with Crippen LogP contribution in [0, 0.1) is 5.92 Å². The molecule has 0 radical (unpaired) electrons. The second-order valence-electron chi connectivity index (χ2n) is 3.34. The van der Waals surface area contributed by atoms with Gasteiger partial charge in [0.1, 0.15) is 0 Å². The van der Waals surface area contributed by atoms with Crippen molar-refractivity contribution in [1.82, 2.24) is 10.3 Å². The van der Waals surface area contributed by atoms with E-state index in [1.54, 1.807) is 0 Å². The summed E-state index contributed by atoms with van der Waals surface area (Å²) in [6.07, 6.45) is 1.17. The van der Waals surface area contributed by atoms with E-state index in [2.05, 4.69) is 29.2 Å². The highest BCUT2D eigenvalue weighted by molar-refractivity contribution is 5.79. The predicted octanol–water partition coefficient (Wildman–Crippen LogP) is 0.804. The first-order valence-electron chi connectivity index (χ1n) is 4.87. The SMILES string of the molecule is CCN=C(NN)N(C)CC(C)CC. The summed E-state index contributed by atoms with van der Waals surface area (Å²) in [5, 5.41) is 0. The number of nitrogens with two attached hydrogens (primary N) is 1. The number of nitrogens with one attached hydrogen (secondary N) is 1. The third-order valence-corrected chi connectivity index (χ3v) is 2.08. The summed E-state index contributed by atoms with van der Waals surface area (Å²) in [4.78, 5) is 6.29. The highest BCUT2D eigenvalue weighted by Gasteiger charge is 2.07. The molecule has 0 heterocycles. The molecule has 78 valence electrons. The Bertz CT molecular complexity index is 156. The van der Waals surface area contributed by atoms with Crippen molar-refractivity contribution in [2.75, 3.05) is 20.1 Å². The number of hydrogen-bond donors (Lipinski definition) is 2. The lowest BCUT2D eigenvalue weighted by Crippen LogP contribution is -2.44. The van der Waals surface area contributed by atoms with Crippen LogP contribution in [-0.2, 0) is 0 Å². The molecule has 0 aliphatic carbocycles. The van der Waals surface area contributed by atoms with Crippen LogP contribution >= 0.6 is 0 Å². The molecule has 0 aromatic rings. The fourth-order valence-electron chi connectivity index (χ4n) is 1.11. The molecule has 4 nitrogen and oxygen atoms in total. The van der Waals surface area contributed by atoms with Crippen LogP contribution in [0.1, 0.15) is 27.2 Å². The molecule has 0 bridgehead atoms. The lowest BCUT2D eigenvalue weighted by Gasteiger charge is -2.23. The molecule has 3 N–H and O–H groups in total. The average molecular weight is 186 g/mol. The maximum absolute atomic E-state index is 5.35. The van der Waals surface area contributed by atoms with E-state index in [0.717, 1.165) is 19.0 Å². The Morgan fingerprint density at radius 1 is 1.54 bits per heavy atom. The summed E-state index contributed by atoms with van der Waals surface area (Å²) < 4.78 is 0. The first kappa shape index (κ1) is 12.2. The van der Waals surface area contributed by atoms with Crippen molar-refractivity contribution in [1.29, 1.82) is 0 Å². The van der Waals surface area contributed by atoms with Crippen LogP contribution in [0.4, 0.5) is 0 Å². The number of hydrazine groups is 1. The van der Waals surface area contributed by atoms with Crippen LogP contribution in [0.25, 0.3) is 0 Å². The molecule has 0 aliphatic rings. The maximum atomic E-state index is 5.35. The summed E-state index contributed by atoms with van der Waals surface area (Å²) in [6.45, 7) is 8.14. The molecular weight excluding hydrogens is 164 g/mol. The minimum absolute atomic E-state index is 0.667. The number of rotatable bonds is 4. The van der Waals surface area contributed by atoms with Crippen molar-refractivity contribution in [2.24, 2.45) is 16.8 Å². The number of aliphatic imine (C=N–C) groups is 1. The summed E-state index contributed by atoms with van der Waals surface area (Å²) >= 11 is 0. The van der Waals surface area contributed by atoms with Crippen molar-refractivity contribution in [3.63, 3.8) is 0 Å². The molecule has 0 rings (SSSR count). The summed E-state index contributed by atoms with van der Waals surface area (Å²) in [5.74, 6) is 6.79. The fourth-order valence-corrected chi connectivity index (χ4v) is 1.11. The van der Waals surface area contributed by atoms with Gasteiger partial charge < -0.3 is 4.90 Å². The zero-order chi connectivity index (χ0) is 10.3. The normalized spacial score (nSPS) is 14.1. The van der Waals surface area contributed by atoms with Crippen molar-refractivity contribution in [3.8, 4) is 0 Å². The van der Waals surface area contributed by atoms with E-state index < -0.39 is 0 Å².